The van der Waals surface area contributed by atoms with E-state index in [2.05, 4.69) is 10.3 Å². The molecule has 0 amide bonds. The fourth-order valence-corrected chi connectivity index (χ4v) is 1.85. The number of aromatic nitrogens is 1. The number of phenols is 1. The molecule has 1 aromatic carbocycles. The standard InChI is InChI=1S/C15H20N2O3/c1-10(2)20-15-5-4-12(6-14(15)18)7-16-8-13-9-19-11(3)17-13/h4-6,9-10,16,18H,7-8H2,1-3H3. The molecule has 0 saturated carbocycles. The summed E-state index contributed by atoms with van der Waals surface area (Å²) < 4.78 is 10.6. The van der Waals surface area contributed by atoms with Gasteiger partial charge >= 0.3 is 0 Å². The molecule has 1 heterocycles. The second kappa shape index (κ2) is 6.43. The van der Waals surface area contributed by atoms with Crippen LogP contribution < -0.4 is 10.1 Å². The van der Waals surface area contributed by atoms with Crippen molar-refractivity contribution in [3.8, 4) is 11.5 Å². The second-order valence-corrected chi connectivity index (χ2v) is 4.93. The normalized spacial score (nSPS) is 11.0. The molecule has 0 fully saturated rings. The maximum Gasteiger partial charge on any atom is 0.191 e. The molecule has 0 aliphatic heterocycles. The minimum atomic E-state index is 0.0419. The van der Waals surface area contributed by atoms with Crippen LogP contribution in [0.2, 0.25) is 0 Å². The Kier molecular flexibility index (Phi) is 4.63. The lowest BCUT2D eigenvalue weighted by Crippen LogP contribution is -2.13. The van der Waals surface area contributed by atoms with E-state index in [4.69, 9.17) is 9.15 Å². The van der Waals surface area contributed by atoms with Gasteiger partial charge in [-0.3, -0.25) is 0 Å². The number of phenolic OH excluding ortho intramolecular Hbond substituents is 1. The Morgan fingerprint density at radius 1 is 1.35 bits per heavy atom. The zero-order valence-corrected chi connectivity index (χ0v) is 12.0. The Morgan fingerprint density at radius 3 is 2.75 bits per heavy atom. The number of rotatable bonds is 6. The Morgan fingerprint density at radius 2 is 2.15 bits per heavy atom. The minimum Gasteiger partial charge on any atom is -0.504 e. The van der Waals surface area contributed by atoms with E-state index in [1.807, 2.05) is 26.8 Å². The summed E-state index contributed by atoms with van der Waals surface area (Å²) in [5, 5.41) is 13.1. The number of benzene rings is 1. The van der Waals surface area contributed by atoms with E-state index in [1.165, 1.54) is 0 Å². The number of nitrogens with one attached hydrogen (secondary N) is 1. The lowest BCUT2D eigenvalue weighted by molar-refractivity contribution is 0.232. The fraction of sp³-hybridized carbons (Fsp3) is 0.400. The van der Waals surface area contributed by atoms with Gasteiger partial charge in [0.25, 0.3) is 0 Å². The van der Waals surface area contributed by atoms with E-state index in [0.29, 0.717) is 24.7 Å². The molecule has 0 spiro atoms. The molecule has 0 atom stereocenters. The van der Waals surface area contributed by atoms with Crippen LogP contribution >= 0.6 is 0 Å². The van der Waals surface area contributed by atoms with Gasteiger partial charge in [0.2, 0.25) is 0 Å². The van der Waals surface area contributed by atoms with E-state index in [-0.39, 0.29) is 11.9 Å². The summed E-state index contributed by atoms with van der Waals surface area (Å²) in [6, 6.07) is 5.42. The van der Waals surface area contributed by atoms with Crippen molar-refractivity contribution in [2.24, 2.45) is 0 Å². The van der Waals surface area contributed by atoms with Crippen molar-refractivity contribution in [2.75, 3.05) is 0 Å². The molecule has 2 rings (SSSR count). The van der Waals surface area contributed by atoms with Crippen LogP contribution in [0, 0.1) is 6.92 Å². The van der Waals surface area contributed by atoms with Gasteiger partial charge in [-0.25, -0.2) is 4.98 Å². The smallest absolute Gasteiger partial charge is 0.191 e. The van der Waals surface area contributed by atoms with E-state index < -0.39 is 0 Å². The third-order valence-electron chi connectivity index (χ3n) is 2.69. The molecule has 5 heteroatoms. The van der Waals surface area contributed by atoms with E-state index in [9.17, 15) is 5.11 Å². The fourth-order valence-electron chi connectivity index (χ4n) is 1.85. The van der Waals surface area contributed by atoms with Gasteiger partial charge in [0.05, 0.1) is 11.8 Å². The molecule has 20 heavy (non-hydrogen) atoms. The summed E-state index contributed by atoms with van der Waals surface area (Å²) >= 11 is 0. The van der Waals surface area contributed by atoms with Crippen LogP contribution in [-0.2, 0) is 13.1 Å². The summed E-state index contributed by atoms with van der Waals surface area (Å²) in [6.07, 6.45) is 1.68. The van der Waals surface area contributed by atoms with E-state index in [0.717, 1.165) is 11.3 Å². The molecule has 0 aliphatic rings. The predicted octanol–water partition coefficient (Wildman–Crippen LogP) is 2.77. The zero-order valence-electron chi connectivity index (χ0n) is 12.0. The number of hydrogen-bond acceptors (Lipinski definition) is 5. The zero-order chi connectivity index (χ0) is 14.5. The molecular formula is C15H20N2O3. The van der Waals surface area contributed by atoms with Crippen LogP contribution in [0.4, 0.5) is 0 Å². The molecule has 0 bridgehead atoms. The van der Waals surface area contributed by atoms with Crippen LogP contribution in [0.1, 0.15) is 31.0 Å². The number of nitrogens with zero attached hydrogens (tertiary/aromatic N) is 1. The number of ether oxygens (including phenoxy) is 1. The molecule has 2 aromatic rings. The van der Waals surface area contributed by atoms with Gasteiger partial charge in [0.15, 0.2) is 17.4 Å². The predicted molar refractivity (Wildman–Crippen MR) is 75.7 cm³/mol. The number of aromatic hydroxyl groups is 1. The molecule has 0 unspecified atom stereocenters. The van der Waals surface area contributed by atoms with Crippen molar-refractivity contribution in [1.29, 1.82) is 0 Å². The maximum absolute atomic E-state index is 9.88. The second-order valence-electron chi connectivity index (χ2n) is 4.93. The molecule has 2 N–H and O–H groups in total. The molecule has 108 valence electrons. The summed E-state index contributed by atoms with van der Waals surface area (Å²) in [6.45, 7) is 6.93. The lowest BCUT2D eigenvalue weighted by Gasteiger charge is -2.12. The molecule has 1 aromatic heterocycles. The van der Waals surface area contributed by atoms with Crippen molar-refractivity contribution in [3.05, 3.63) is 41.6 Å². The van der Waals surface area contributed by atoms with Crippen LogP contribution in [0.3, 0.4) is 0 Å². The van der Waals surface area contributed by atoms with Gasteiger partial charge in [-0.05, 0) is 31.5 Å². The summed E-state index contributed by atoms with van der Waals surface area (Å²) in [7, 11) is 0. The highest BCUT2D eigenvalue weighted by Gasteiger charge is 2.06. The maximum atomic E-state index is 9.88. The van der Waals surface area contributed by atoms with Gasteiger partial charge < -0.3 is 19.6 Å². The Hall–Kier alpha value is -2.01. The number of aryl methyl sites for hydroxylation is 1. The summed E-state index contributed by atoms with van der Waals surface area (Å²) in [5.74, 6) is 1.33. The first-order valence-corrected chi connectivity index (χ1v) is 6.65. The Balaban J connectivity index is 1.88. The van der Waals surface area contributed by atoms with E-state index in [1.54, 1.807) is 18.4 Å². The van der Waals surface area contributed by atoms with Crippen molar-refractivity contribution in [3.63, 3.8) is 0 Å². The number of hydrogen-bond donors (Lipinski definition) is 2. The topological polar surface area (TPSA) is 67.5 Å². The largest absolute Gasteiger partial charge is 0.504 e. The first kappa shape index (κ1) is 14.4. The highest BCUT2D eigenvalue weighted by Crippen LogP contribution is 2.27. The van der Waals surface area contributed by atoms with Crippen molar-refractivity contribution < 1.29 is 14.3 Å². The SMILES string of the molecule is Cc1nc(CNCc2ccc(OC(C)C)c(O)c2)co1. The van der Waals surface area contributed by atoms with E-state index >= 15 is 0 Å². The third-order valence-corrected chi connectivity index (χ3v) is 2.69. The quantitative estimate of drug-likeness (QED) is 0.849. The van der Waals surface area contributed by atoms with Gasteiger partial charge in [0, 0.05) is 20.0 Å². The van der Waals surface area contributed by atoms with Crippen LogP contribution in [0.5, 0.6) is 11.5 Å². The first-order chi connectivity index (χ1) is 9.54. The van der Waals surface area contributed by atoms with Gasteiger partial charge in [0.1, 0.15) is 6.26 Å². The third kappa shape index (κ3) is 3.99. The average Bonchev–Trinajstić information content (AvgIpc) is 2.78. The Labute approximate surface area is 118 Å². The molecule has 0 radical (unpaired) electrons. The van der Waals surface area contributed by atoms with Crippen molar-refractivity contribution >= 4 is 0 Å². The molecule has 0 aliphatic carbocycles. The van der Waals surface area contributed by atoms with Gasteiger partial charge in [-0.1, -0.05) is 6.07 Å². The van der Waals surface area contributed by atoms with Crippen molar-refractivity contribution in [2.45, 2.75) is 40.0 Å². The van der Waals surface area contributed by atoms with Gasteiger partial charge in [-0.15, -0.1) is 0 Å². The molecule has 0 saturated heterocycles. The molecular weight excluding hydrogens is 256 g/mol. The van der Waals surface area contributed by atoms with Crippen LogP contribution in [-0.4, -0.2) is 16.2 Å². The summed E-state index contributed by atoms with van der Waals surface area (Å²) in [5.41, 5.74) is 1.85. The monoisotopic (exact) mass is 276 g/mol. The van der Waals surface area contributed by atoms with Gasteiger partial charge in [-0.2, -0.15) is 0 Å². The highest BCUT2D eigenvalue weighted by atomic mass is 16.5. The Bertz CT molecular complexity index is 564. The average molecular weight is 276 g/mol. The minimum absolute atomic E-state index is 0.0419. The van der Waals surface area contributed by atoms with Crippen LogP contribution in [0.15, 0.2) is 28.9 Å². The first-order valence-electron chi connectivity index (χ1n) is 6.65. The van der Waals surface area contributed by atoms with Crippen LogP contribution in [0.25, 0.3) is 0 Å². The highest BCUT2D eigenvalue weighted by molar-refractivity contribution is 5.41. The lowest BCUT2D eigenvalue weighted by atomic mass is 10.2. The summed E-state index contributed by atoms with van der Waals surface area (Å²) in [4.78, 5) is 4.21. The number of oxazole rings is 1. The molecule has 5 nitrogen and oxygen atoms in total. The van der Waals surface area contributed by atoms with Crippen molar-refractivity contribution in [1.82, 2.24) is 10.3 Å².